The quantitative estimate of drug-likeness (QED) is 0.915. The third-order valence-corrected chi connectivity index (χ3v) is 3.25. The molecule has 0 amide bonds. The van der Waals surface area contributed by atoms with Crippen LogP contribution in [-0.2, 0) is 12.8 Å². The lowest BCUT2D eigenvalue weighted by molar-refractivity contribution is 0.0689. The third-order valence-electron chi connectivity index (χ3n) is 3.25. The average molecular weight is 259 g/mol. The van der Waals surface area contributed by atoms with E-state index in [-0.39, 0.29) is 5.69 Å². The molecule has 0 aliphatic carbocycles. The molecule has 2 rings (SSSR count). The van der Waals surface area contributed by atoms with Gasteiger partial charge in [0.05, 0.1) is 11.4 Å². The van der Waals surface area contributed by atoms with Crippen molar-refractivity contribution in [2.24, 2.45) is 0 Å². The van der Waals surface area contributed by atoms with Gasteiger partial charge in [-0.05, 0) is 43.0 Å². The van der Waals surface area contributed by atoms with Gasteiger partial charge in [0.15, 0.2) is 5.69 Å². The van der Waals surface area contributed by atoms with E-state index in [0.717, 1.165) is 12.1 Å². The first-order valence-electron chi connectivity index (χ1n) is 6.36. The summed E-state index contributed by atoms with van der Waals surface area (Å²) in [5.74, 6) is -1.04. The van der Waals surface area contributed by atoms with E-state index in [1.165, 1.54) is 11.1 Å². The summed E-state index contributed by atoms with van der Waals surface area (Å²) in [5.41, 5.74) is 3.96. The Morgan fingerprint density at radius 2 is 2.05 bits per heavy atom. The number of aromatic carboxylic acids is 1. The van der Waals surface area contributed by atoms with Gasteiger partial charge in [-0.15, -0.1) is 5.10 Å². The first-order chi connectivity index (χ1) is 9.08. The van der Waals surface area contributed by atoms with Crippen molar-refractivity contribution >= 4 is 5.97 Å². The summed E-state index contributed by atoms with van der Waals surface area (Å²) >= 11 is 0. The van der Waals surface area contributed by atoms with Crippen molar-refractivity contribution in [3.8, 4) is 5.69 Å². The van der Waals surface area contributed by atoms with Gasteiger partial charge in [0.2, 0.25) is 0 Å². The van der Waals surface area contributed by atoms with E-state index >= 15 is 0 Å². The summed E-state index contributed by atoms with van der Waals surface area (Å²) in [6.45, 7) is 6.05. The normalized spacial score (nSPS) is 10.7. The van der Waals surface area contributed by atoms with E-state index in [0.29, 0.717) is 12.1 Å². The Bertz CT molecular complexity index is 617. The maximum atomic E-state index is 11.1. The van der Waals surface area contributed by atoms with Crippen molar-refractivity contribution < 1.29 is 9.90 Å². The minimum Gasteiger partial charge on any atom is -0.476 e. The number of aromatic nitrogens is 3. The molecule has 0 atom stereocenters. The fourth-order valence-electron chi connectivity index (χ4n) is 2.20. The fourth-order valence-corrected chi connectivity index (χ4v) is 2.20. The van der Waals surface area contributed by atoms with Gasteiger partial charge >= 0.3 is 5.97 Å². The van der Waals surface area contributed by atoms with Crippen LogP contribution in [0.15, 0.2) is 18.2 Å². The average Bonchev–Trinajstić information content (AvgIpc) is 2.82. The topological polar surface area (TPSA) is 68.0 Å². The molecule has 2 aromatic rings. The number of hydrogen-bond acceptors (Lipinski definition) is 3. The molecule has 0 bridgehead atoms. The summed E-state index contributed by atoms with van der Waals surface area (Å²) in [6.07, 6.45) is 1.55. The summed E-state index contributed by atoms with van der Waals surface area (Å²) < 4.78 is 1.61. The molecule has 0 aliphatic rings. The number of hydrogen-bond donors (Lipinski definition) is 1. The van der Waals surface area contributed by atoms with Gasteiger partial charge in [-0.2, -0.15) is 0 Å². The molecule has 1 heterocycles. The maximum absolute atomic E-state index is 11.1. The Morgan fingerprint density at radius 1 is 1.32 bits per heavy atom. The first-order valence-corrected chi connectivity index (χ1v) is 6.36. The zero-order valence-corrected chi connectivity index (χ0v) is 11.3. The lowest BCUT2D eigenvalue weighted by Gasteiger charge is -2.08. The molecule has 0 aliphatic heterocycles. The van der Waals surface area contributed by atoms with Crippen molar-refractivity contribution in [2.45, 2.75) is 33.6 Å². The highest BCUT2D eigenvalue weighted by molar-refractivity contribution is 5.86. The zero-order valence-electron chi connectivity index (χ0n) is 11.3. The standard InChI is InChI=1S/C14H17N3O2/c1-4-10-6-7-11(8-9(10)3)17-12(5-2)13(14(18)19)15-16-17/h6-8H,4-5H2,1-3H3,(H,18,19). The van der Waals surface area contributed by atoms with E-state index in [1.54, 1.807) is 4.68 Å². The second-order valence-corrected chi connectivity index (χ2v) is 4.42. The van der Waals surface area contributed by atoms with Crippen LogP contribution in [0.5, 0.6) is 0 Å². The van der Waals surface area contributed by atoms with Crippen LogP contribution in [0.3, 0.4) is 0 Å². The fraction of sp³-hybridized carbons (Fsp3) is 0.357. The smallest absolute Gasteiger partial charge is 0.358 e. The highest BCUT2D eigenvalue weighted by Gasteiger charge is 2.18. The molecule has 1 aromatic heterocycles. The summed E-state index contributed by atoms with van der Waals surface area (Å²) in [6, 6.07) is 6.01. The summed E-state index contributed by atoms with van der Waals surface area (Å²) in [5, 5.41) is 16.8. The Morgan fingerprint density at radius 3 is 2.58 bits per heavy atom. The van der Waals surface area contributed by atoms with Crippen LogP contribution in [0, 0.1) is 6.92 Å². The van der Waals surface area contributed by atoms with Gasteiger partial charge in [0, 0.05) is 0 Å². The van der Waals surface area contributed by atoms with Crippen LogP contribution in [0.1, 0.15) is 41.2 Å². The molecule has 1 N–H and O–H groups in total. The monoisotopic (exact) mass is 259 g/mol. The molecule has 0 fully saturated rings. The highest BCUT2D eigenvalue weighted by atomic mass is 16.4. The van der Waals surface area contributed by atoms with Gasteiger partial charge in [-0.3, -0.25) is 0 Å². The van der Waals surface area contributed by atoms with Crippen LogP contribution in [0.2, 0.25) is 0 Å². The van der Waals surface area contributed by atoms with E-state index in [2.05, 4.69) is 17.2 Å². The van der Waals surface area contributed by atoms with Crippen molar-refractivity contribution in [3.05, 3.63) is 40.7 Å². The number of carboxylic acid groups (broad SMARTS) is 1. The van der Waals surface area contributed by atoms with Crippen LogP contribution in [0.25, 0.3) is 5.69 Å². The van der Waals surface area contributed by atoms with Crippen molar-refractivity contribution in [1.82, 2.24) is 15.0 Å². The number of nitrogens with zero attached hydrogens (tertiary/aromatic N) is 3. The van der Waals surface area contributed by atoms with Gasteiger partial charge in [0.1, 0.15) is 0 Å². The Hall–Kier alpha value is -2.17. The SMILES string of the molecule is CCc1ccc(-n2nnc(C(=O)O)c2CC)cc1C. The minimum absolute atomic E-state index is 0.0275. The van der Waals surface area contributed by atoms with Crippen molar-refractivity contribution in [2.75, 3.05) is 0 Å². The lowest BCUT2D eigenvalue weighted by atomic mass is 10.1. The van der Waals surface area contributed by atoms with E-state index in [1.807, 2.05) is 32.0 Å². The zero-order chi connectivity index (χ0) is 14.0. The van der Waals surface area contributed by atoms with Gasteiger partial charge in [-0.1, -0.05) is 25.1 Å². The number of carbonyl (C=O) groups is 1. The Kier molecular flexibility index (Phi) is 3.64. The number of rotatable bonds is 4. The Labute approximate surface area is 111 Å². The van der Waals surface area contributed by atoms with Crippen molar-refractivity contribution in [1.29, 1.82) is 0 Å². The molecule has 0 spiro atoms. The Balaban J connectivity index is 2.53. The lowest BCUT2D eigenvalue weighted by Crippen LogP contribution is -2.06. The van der Waals surface area contributed by atoms with Crippen molar-refractivity contribution in [3.63, 3.8) is 0 Å². The molecule has 5 nitrogen and oxygen atoms in total. The van der Waals surface area contributed by atoms with Gasteiger partial charge < -0.3 is 5.11 Å². The van der Waals surface area contributed by atoms with Gasteiger partial charge in [0.25, 0.3) is 0 Å². The maximum Gasteiger partial charge on any atom is 0.358 e. The van der Waals surface area contributed by atoms with Crippen LogP contribution >= 0.6 is 0 Å². The molecule has 0 radical (unpaired) electrons. The summed E-state index contributed by atoms with van der Waals surface area (Å²) in [4.78, 5) is 11.1. The predicted octanol–water partition coefficient (Wildman–Crippen LogP) is 2.40. The molecule has 0 saturated heterocycles. The van der Waals surface area contributed by atoms with E-state index in [9.17, 15) is 4.79 Å². The molecule has 19 heavy (non-hydrogen) atoms. The number of carboxylic acids is 1. The number of benzene rings is 1. The molecule has 1 aromatic carbocycles. The van der Waals surface area contributed by atoms with E-state index < -0.39 is 5.97 Å². The first kappa shape index (κ1) is 13.3. The second kappa shape index (κ2) is 5.22. The third kappa shape index (κ3) is 2.36. The highest BCUT2D eigenvalue weighted by Crippen LogP contribution is 2.18. The summed E-state index contributed by atoms with van der Waals surface area (Å²) in [7, 11) is 0. The molecular formula is C14H17N3O2. The molecule has 0 unspecified atom stereocenters. The molecule has 0 saturated carbocycles. The molecule has 5 heteroatoms. The molecule has 100 valence electrons. The van der Waals surface area contributed by atoms with Crippen LogP contribution in [0.4, 0.5) is 0 Å². The second-order valence-electron chi connectivity index (χ2n) is 4.42. The minimum atomic E-state index is -1.04. The molecular weight excluding hydrogens is 242 g/mol. The predicted molar refractivity (Wildman–Crippen MR) is 71.8 cm³/mol. The van der Waals surface area contributed by atoms with Crippen LogP contribution < -0.4 is 0 Å². The largest absolute Gasteiger partial charge is 0.476 e. The van der Waals surface area contributed by atoms with Gasteiger partial charge in [-0.25, -0.2) is 9.48 Å². The van der Waals surface area contributed by atoms with E-state index in [4.69, 9.17) is 5.11 Å². The number of aryl methyl sites for hydroxylation is 2. The van der Waals surface area contributed by atoms with Crippen LogP contribution in [-0.4, -0.2) is 26.1 Å².